The number of halogens is 3. The molecule has 3 nitrogen and oxygen atoms in total. The van der Waals surface area contributed by atoms with Gasteiger partial charge in [0, 0.05) is 0 Å². The Labute approximate surface area is 124 Å². The van der Waals surface area contributed by atoms with Gasteiger partial charge in [0.1, 0.15) is 16.3 Å². The quantitative estimate of drug-likeness (QED) is 0.501. The summed E-state index contributed by atoms with van der Waals surface area (Å²) in [6, 6.07) is 8.90. The van der Waals surface area contributed by atoms with Gasteiger partial charge in [-0.2, -0.15) is 0 Å². The summed E-state index contributed by atoms with van der Waals surface area (Å²) in [5, 5.41) is 9.95. The van der Waals surface area contributed by atoms with Crippen LogP contribution in [-0.4, -0.2) is 11.1 Å². The minimum Gasteiger partial charge on any atom is -0.507 e. The first-order chi connectivity index (χ1) is 9.00. The monoisotopic (exact) mass is 316 g/mol. The Hall–Kier alpha value is -1.42. The van der Waals surface area contributed by atoms with Gasteiger partial charge in [0.2, 0.25) is 0 Å². The van der Waals surface area contributed by atoms with Gasteiger partial charge in [0.05, 0.1) is 10.0 Å². The first-order valence-electron chi connectivity index (χ1n) is 5.14. The van der Waals surface area contributed by atoms with E-state index in [4.69, 9.17) is 39.5 Å². The van der Waals surface area contributed by atoms with Gasteiger partial charge in [0.25, 0.3) is 0 Å². The Morgan fingerprint density at radius 3 is 2.37 bits per heavy atom. The van der Waals surface area contributed by atoms with Crippen molar-refractivity contribution in [1.29, 1.82) is 0 Å². The molecule has 0 bridgehead atoms. The number of hydrogen-bond donors (Lipinski definition) is 1. The van der Waals surface area contributed by atoms with Crippen LogP contribution in [0.2, 0.25) is 15.1 Å². The van der Waals surface area contributed by atoms with E-state index >= 15 is 0 Å². The Bertz CT molecular complexity index is 641. The molecule has 2 rings (SSSR count). The van der Waals surface area contributed by atoms with Crippen molar-refractivity contribution in [1.82, 2.24) is 0 Å². The average Bonchev–Trinajstić information content (AvgIpc) is 2.40. The lowest BCUT2D eigenvalue weighted by Gasteiger charge is -2.08. The Morgan fingerprint density at radius 2 is 1.68 bits per heavy atom. The Morgan fingerprint density at radius 1 is 1.00 bits per heavy atom. The molecule has 0 amide bonds. The molecule has 19 heavy (non-hydrogen) atoms. The van der Waals surface area contributed by atoms with Gasteiger partial charge in [-0.3, -0.25) is 0 Å². The predicted molar refractivity (Wildman–Crippen MR) is 74.5 cm³/mol. The van der Waals surface area contributed by atoms with Crippen molar-refractivity contribution >= 4 is 40.8 Å². The van der Waals surface area contributed by atoms with Crippen LogP contribution >= 0.6 is 34.8 Å². The summed E-state index contributed by atoms with van der Waals surface area (Å²) < 4.78 is 5.07. The van der Waals surface area contributed by atoms with Crippen LogP contribution in [0.5, 0.6) is 11.5 Å². The normalized spacial score (nSPS) is 10.3. The lowest BCUT2D eigenvalue weighted by Crippen LogP contribution is -2.09. The highest BCUT2D eigenvalue weighted by Gasteiger charge is 2.16. The van der Waals surface area contributed by atoms with Crippen LogP contribution < -0.4 is 4.74 Å². The maximum Gasteiger partial charge on any atom is 0.347 e. The number of carbonyl (C=O) groups is 1. The van der Waals surface area contributed by atoms with Gasteiger partial charge >= 0.3 is 5.97 Å². The van der Waals surface area contributed by atoms with E-state index < -0.39 is 5.97 Å². The average molecular weight is 318 g/mol. The minimum absolute atomic E-state index is 0.0321. The minimum atomic E-state index is -0.738. The van der Waals surface area contributed by atoms with Crippen LogP contribution in [0.25, 0.3) is 0 Å². The van der Waals surface area contributed by atoms with E-state index in [-0.39, 0.29) is 32.1 Å². The second-order valence-electron chi connectivity index (χ2n) is 3.58. The van der Waals surface area contributed by atoms with Crippen LogP contribution in [0.3, 0.4) is 0 Å². The summed E-state index contributed by atoms with van der Waals surface area (Å²) in [6.07, 6.45) is 0. The number of hydrogen-bond acceptors (Lipinski definition) is 3. The van der Waals surface area contributed by atoms with Crippen molar-refractivity contribution in [3.05, 3.63) is 57.0 Å². The number of phenols is 1. The third-order valence-electron chi connectivity index (χ3n) is 2.33. The molecule has 98 valence electrons. The van der Waals surface area contributed by atoms with Crippen molar-refractivity contribution < 1.29 is 14.6 Å². The first-order valence-corrected chi connectivity index (χ1v) is 6.27. The largest absolute Gasteiger partial charge is 0.507 e. The predicted octanol–water partition coefficient (Wildman–Crippen LogP) is 4.57. The van der Waals surface area contributed by atoms with E-state index in [1.54, 1.807) is 12.1 Å². The van der Waals surface area contributed by atoms with Crippen LogP contribution in [-0.2, 0) is 0 Å². The maximum absolute atomic E-state index is 11.9. The highest BCUT2D eigenvalue weighted by Crippen LogP contribution is 2.37. The molecule has 0 aromatic heterocycles. The van der Waals surface area contributed by atoms with Gasteiger partial charge in [-0.15, -0.1) is 0 Å². The summed E-state index contributed by atoms with van der Waals surface area (Å²) >= 11 is 17.5. The van der Waals surface area contributed by atoms with E-state index in [2.05, 4.69) is 0 Å². The molecule has 0 heterocycles. The fourth-order valence-electron chi connectivity index (χ4n) is 1.39. The molecular weight excluding hydrogens is 310 g/mol. The van der Waals surface area contributed by atoms with Crippen molar-refractivity contribution in [3.8, 4) is 11.5 Å². The lowest BCUT2D eigenvalue weighted by atomic mass is 10.2. The van der Waals surface area contributed by atoms with Gasteiger partial charge < -0.3 is 9.84 Å². The lowest BCUT2D eigenvalue weighted by molar-refractivity contribution is 0.0732. The smallest absolute Gasteiger partial charge is 0.347 e. The van der Waals surface area contributed by atoms with Gasteiger partial charge in [-0.25, -0.2) is 4.79 Å². The molecule has 0 radical (unpaired) electrons. The van der Waals surface area contributed by atoms with Crippen LogP contribution in [0.1, 0.15) is 10.4 Å². The van der Waals surface area contributed by atoms with Crippen molar-refractivity contribution in [3.63, 3.8) is 0 Å². The number of aromatic hydroxyl groups is 1. The number of para-hydroxylation sites is 1. The molecule has 0 aliphatic heterocycles. The van der Waals surface area contributed by atoms with E-state index in [0.717, 1.165) is 0 Å². The Kier molecular flexibility index (Phi) is 4.20. The van der Waals surface area contributed by atoms with E-state index in [9.17, 15) is 9.90 Å². The highest BCUT2D eigenvalue weighted by atomic mass is 35.5. The molecule has 0 saturated heterocycles. The molecule has 0 unspecified atom stereocenters. The summed E-state index contributed by atoms with van der Waals surface area (Å²) in [6.45, 7) is 0. The Balaban J connectivity index is 2.30. The highest BCUT2D eigenvalue weighted by molar-refractivity contribution is 6.48. The molecule has 2 aromatic carbocycles. The van der Waals surface area contributed by atoms with Crippen molar-refractivity contribution in [2.45, 2.75) is 0 Å². The standard InChI is InChI=1S/C13H7Cl3O3/c14-8-5-6-10(12(16)11(8)15)19-13(18)7-3-1-2-4-9(7)17/h1-6,17H. The molecule has 0 atom stereocenters. The van der Waals surface area contributed by atoms with Crippen LogP contribution in [0.15, 0.2) is 36.4 Å². The van der Waals surface area contributed by atoms with E-state index in [1.165, 1.54) is 24.3 Å². The number of esters is 1. The third-order valence-corrected chi connectivity index (χ3v) is 3.60. The molecule has 2 aromatic rings. The number of carbonyl (C=O) groups excluding carboxylic acids is 1. The first kappa shape index (κ1) is 14.0. The zero-order valence-electron chi connectivity index (χ0n) is 9.36. The van der Waals surface area contributed by atoms with Gasteiger partial charge in [-0.1, -0.05) is 46.9 Å². The molecule has 0 aliphatic rings. The SMILES string of the molecule is O=C(Oc1ccc(Cl)c(Cl)c1Cl)c1ccccc1O. The summed E-state index contributed by atoms with van der Waals surface area (Å²) in [4.78, 5) is 11.9. The molecule has 6 heteroatoms. The number of rotatable bonds is 2. The van der Waals surface area contributed by atoms with Crippen molar-refractivity contribution in [2.24, 2.45) is 0 Å². The summed E-state index contributed by atoms with van der Waals surface area (Å²) in [7, 11) is 0. The maximum atomic E-state index is 11.9. The number of ether oxygens (including phenoxy) is 1. The second kappa shape index (κ2) is 5.70. The summed E-state index contributed by atoms with van der Waals surface area (Å²) in [5.41, 5.74) is 0.0321. The molecular formula is C13H7Cl3O3. The zero-order valence-corrected chi connectivity index (χ0v) is 11.6. The fourth-order valence-corrected chi connectivity index (χ4v) is 1.95. The van der Waals surface area contributed by atoms with Crippen LogP contribution in [0.4, 0.5) is 0 Å². The second-order valence-corrected chi connectivity index (χ2v) is 4.74. The van der Waals surface area contributed by atoms with Gasteiger partial charge in [-0.05, 0) is 24.3 Å². The van der Waals surface area contributed by atoms with Gasteiger partial charge in [0.15, 0.2) is 5.75 Å². The molecule has 0 spiro atoms. The number of phenolic OH excluding ortho intramolecular Hbond substituents is 1. The topological polar surface area (TPSA) is 46.5 Å². The fraction of sp³-hybridized carbons (Fsp3) is 0. The van der Waals surface area contributed by atoms with Crippen molar-refractivity contribution in [2.75, 3.05) is 0 Å². The van der Waals surface area contributed by atoms with E-state index in [0.29, 0.717) is 0 Å². The molecule has 1 N–H and O–H groups in total. The zero-order chi connectivity index (χ0) is 14.0. The molecule has 0 aliphatic carbocycles. The third kappa shape index (κ3) is 2.95. The summed E-state index contributed by atoms with van der Waals surface area (Å²) in [5.74, 6) is -0.841. The number of benzene rings is 2. The molecule has 0 fully saturated rings. The van der Waals surface area contributed by atoms with Crippen LogP contribution in [0, 0.1) is 0 Å². The molecule has 0 saturated carbocycles. The van der Waals surface area contributed by atoms with E-state index in [1.807, 2.05) is 0 Å².